The van der Waals surface area contributed by atoms with Gasteiger partial charge in [-0.15, -0.1) is 0 Å². The maximum atomic E-state index is 5.37. The Kier molecular flexibility index (Phi) is 2.52. The van der Waals surface area contributed by atoms with Crippen molar-refractivity contribution in [1.82, 2.24) is 4.90 Å². The van der Waals surface area contributed by atoms with E-state index in [-0.39, 0.29) is 6.04 Å². The van der Waals surface area contributed by atoms with Gasteiger partial charge in [0.25, 0.3) is 0 Å². The molecule has 1 aliphatic carbocycles. The summed E-state index contributed by atoms with van der Waals surface area (Å²) in [5.41, 5.74) is 7.74. The van der Waals surface area contributed by atoms with E-state index in [2.05, 4.69) is 60.9 Å². The van der Waals surface area contributed by atoms with Crippen molar-refractivity contribution in [2.24, 2.45) is 0 Å². The molecule has 1 aromatic carbocycles. The highest BCUT2D eigenvalue weighted by atomic mass is 16.5. The standard InChI is InChI=1S/C18H18N2O/c1-11-14-6-7-20(2)10-12(14)8-16-15-9-13(21-3)4-5-17(15)19-18(11)16/h4-10,18-19H,1-3H3. The zero-order valence-corrected chi connectivity index (χ0v) is 12.5. The quantitative estimate of drug-likeness (QED) is 0.850. The van der Waals surface area contributed by atoms with Crippen LogP contribution < -0.4 is 10.1 Å². The minimum Gasteiger partial charge on any atom is -0.497 e. The molecule has 0 aromatic heterocycles. The van der Waals surface area contributed by atoms with Crippen molar-refractivity contribution in [2.45, 2.75) is 13.0 Å². The lowest BCUT2D eigenvalue weighted by Gasteiger charge is -2.27. The highest BCUT2D eigenvalue weighted by molar-refractivity contribution is 5.93. The summed E-state index contributed by atoms with van der Waals surface area (Å²) in [7, 11) is 3.77. The Hall–Kier alpha value is -2.42. The predicted octanol–water partition coefficient (Wildman–Crippen LogP) is 3.55. The van der Waals surface area contributed by atoms with E-state index in [0.717, 1.165) is 5.75 Å². The third-order valence-electron chi connectivity index (χ3n) is 4.45. The molecule has 0 saturated carbocycles. The third-order valence-corrected chi connectivity index (χ3v) is 4.45. The van der Waals surface area contributed by atoms with Crippen LogP contribution in [0, 0.1) is 0 Å². The molecule has 0 radical (unpaired) electrons. The van der Waals surface area contributed by atoms with E-state index in [4.69, 9.17) is 4.74 Å². The van der Waals surface area contributed by atoms with Gasteiger partial charge < -0.3 is 15.0 Å². The van der Waals surface area contributed by atoms with Crippen molar-refractivity contribution in [2.75, 3.05) is 19.5 Å². The first-order valence-electron chi connectivity index (χ1n) is 7.17. The van der Waals surface area contributed by atoms with Gasteiger partial charge in [-0.2, -0.15) is 0 Å². The third kappa shape index (κ3) is 1.74. The zero-order valence-electron chi connectivity index (χ0n) is 12.5. The number of anilines is 1. The minimum atomic E-state index is 0.271. The molecule has 1 unspecified atom stereocenters. The average Bonchev–Trinajstić information content (AvgIpc) is 2.85. The van der Waals surface area contributed by atoms with Gasteiger partial charge in [0.2, 0.25) is 0 Å². The second kappa shape index (κ2) is 4.29. The maximum absolute atomic E-state index is 5.37. The summed E-state index contributed by atoms with van der Waals surface area (Å²) in [6.45, 7) is 2.21. The largest absolute Gasteiger partial charge is 0.497 e. The van der Waals surface area contributed by atoms with Crippen LogP contribution in [0.1, 0.15) is 12.5 Å². The van der Waals surface area contributed by atoms with E-state index in [1.54, 1.807) is 7.11 Å². The van der Waals surface area contributed by atoms with E-state index >= 15 is 0 Å². The number of rotatable bonds is 1. The molecule has 106 valence electrons. The molecule has 3 nitrogen and oxygen atoms in total. The fraction of sp³-hybridized carbons (Fsp3) is 0.222. The summed E-state index contributed by atoms with van der Waals surface area (Å²) in [6.07, 6.45) is 8.78. The second-order valence-corrected chi connectivity index (χ2v) is 5.75. The van der Waals surface area contributed by atoms with E-state index in [9.17, 15) is 0 Å². The summed E-state index contributed by atoms with van der Waals surface area (Å²) in [6, 6.07) is 6.50. The molecule has 1 atom stereocenters. The molecule has 3 heteroatoms. The van der Waals surface area contributed by atoms with Crippen molar-refractivity contribution >= 4 is 11.3 Å². The normalized spacial score (nSPS) is 22.0. The topological polar surface area (TPSA) is 24.5 Å². The van der Waals surface area contributed by atoms with Gasteiger partial charge in [-0.25, -0.2) is 0 Å². The van der Waals surface area contributed by atoms with Gasteiger partial charge in [0.1, 0.15) is 5.75 Å². The predicted molar refractivity (Wildman–Crippen MR) is 86.1 cm³/mol. The summed E-state index contributed by atoms with van der Waals surface area (Å²) in [5, 5.41) is 3.63. The van der Waals surface area contributed by atoms with Crippen molar-refractivity contribution in [1.29, 1.82) is 0 Å². The summed E-state index contributed by atoms with van der Waals surface area (Å²) in [5.74, 6) is 0.902. The fourth-order valence-corrected chi connectivity index (χ4v) is 3.32. The van der Waals surface area contributed by atoms with Crippen LogP contribution in [0.5, 0.6) is 5.75 Å². The van der Waals surface area contributed by atoms with Gasteiger partial charge in [0.15, 0.2) is 0 Å². The first kappa shape index (κ1) is 12.3. The van der Waals surface area contributed by atoms with Crippen LogP contribution in [0.4, 0.5) is 5.69 Å². The average molecular weight is 278 g/mol. The highest BCUT2D eigenvalue weighted by Gasteiger charge is 2.33. The van der Waals surface area contributed by atoms with E-state index in [1.165, 1.54) is 33.5 Å². The molecule has 4 rings (SSSR count). The number of allylic oxidation sites excluding steroid dienone is 4. The SMILES string of the molecule is COc1ccc2c(c1)C1=CC3=CN(C)C=CC3=C(C)C1N2. The molecule has 0 bridgehead atoms. The van der Waals surface area contributed by atoms with Crippen molar-refractivity contribution in [3.05, 3.63) is 65.0 Å². The summed E-state index contributed by atoms with van der Waals surface area (Å²) >= 11 is 0. The molecule has 0 saturated heterocycles. The second-order valence-electron chi connectivity index (χ2n) is 5.75. The molecule has 3 aliphatic rings. The monoisotopic (exact) mass is 278 g/mol. The summed E-state index contributed by atoms with van der Waals surface area (Å²) < 4.78 is 5.37. The van der Waals surface area contributed by atoms with Gasteiger partial charge in [-0.05, 0) is 59.6 Å². The lowest BCUT2D eigenvalue weighted by atomic mass is 9.83. The van der Waals surface area contributed by atoms with Crippen LogP contribution in [0.2, 0.25) is 0 Å². The van der Waals surface area contributed by atoms with E-state index < -0.39 is 0 Å². The van der Waals surface area contributed by atoms with Crippen LogP contribution in [0.15, 0.2) is 59.5 Å². The molecule has 1 aromatic rings. The molecule has 0 amide bonds. The molecule has 1 N–H and O–H groups in total. The Bertz CT molecular complexity index is 752. The molecule has 0 fully saturated rings. The van der Waals surface area contributed by atoms with Crippen LogP contribution in [-0.4, -0.2) is 25.1 Å². The van der Waals surface area contributed by atoms with Crippen LogP contribution >= 0.6 is 0 Å². The number of fused-ring (bicyclic) bond motifs is 4. The van der Waals surface area contributed by atoms with Crippen LogP contribution in [0.25, 0.3) is 5.57 Å². The van der Waals surface area contributed by atoms with Gasteiger partial charge in [0, 0.05) is 30.7 Å². The minimum absolute atomic E-state index is 0.271. The highest BCUT2D eigenvalue weighted by Crippen LogP contribution is 2.45. The van der Waals surface area contributed by atoms with Crippen LogP contribution in [-0.2, 0) is 0 Å². The van der Waals surface area contributed by atoms with Crippen molar-refractivity contribution in [3.8, 4) is 5.75 Å². The fourth-order valence-electron chi connectivity index (χ4n) is 3.32. The Balaban J connectivity index is 1.87. The smallest absolute Gasteiger partial charge is 0.119 e. The number of nitrogens with one attached hydrogen (secondary N) is 1. The Morgan fingerprint density at radius 2 is 2.14 bits per heavy atom. The lowest BCUT2D eigenvalue weighted by molar-refractivity contribution is 0.415. The molecule has 21 heavy (non-hydrogen) atoms. The van der Waals surface area contributed by atoms with E-state index in [1.807, 2.05) is 6.07 Å². The van der Waals surface area contributed by atoms with Crippen LogP contribution in [0.3, 0.4) is 0 Å². The van der Waals surface area contributed by atoms with Gasteiger partial charge in [-0.3, -0.25) is 0 Å². The Morgan fingerprint density at radius 1 is 1.29 bits per heavy atom. The number of nitrogens with zero attached hydrogens (tertiary/aromatic N) is 1. The lowest BCUT2D eigenvalue weighted by Crippen LogP contribution is -2.22. The number of hydrogen-bond acceptors (Lipinski definition) is 3. The molecular formula is C18H18N2O. The number of methoxy groups -OCH3 is 1. The van der Waals surface area contributed by atoms with E-state index in [0.29, 0.717) is 0 Å². The Morgan fingerprint density at radius 3 is 2.95 bits per heavy atom. The number of hydrogen-bond donors (Lipinski definition) is 1. The molecular weight excluding hydrogens is 260 g/mol. The van der Waals surface area contributed by atoms with Gasteiger partial charge in [0.05, 0.1) is 13.2 Å². The molecule has 2 aliphatic heterocycles. The maximum Gasteiger partial charge on any atom is 0.119 e. The van der Waals surface area contributed by atoms with Crippen molar-refractivity contribution in [3.63, 3.8) is 0 Å². The van der Waals surface area contributed by atoms with Gasteiger partial charge in [-0.1, -0.05) is 0 Å². The van der Waals surface area contributed by atoms with Gasteiger partial charge >= 0.3 is 0 Å². The summed E-state index contributed by atoms with van der Waals surface area (Å²) in [4.78, 5) is 2.10. The first-order chi connectivity index (χ1) is 10.2. The van der Waals surface area contributed by atoms with Crippen molar-refractivity contribution < 1.29 is 4.74 Å². The number of benzene rings is 1. The number of ether oxygens (including phenoxy) is 1. The molecule has 2 heterocycles. The zero-order chi connectivity index (χ0) is 14.6. The first-order valence-corrected chi connectivity index (χ1v) is 7.17. The Labute approximate surface area is 124 Å². The molecule has 0 spiro atoms.